The van der Waals surface area contributed by atoms with Gasteiger partial charge in [0, 0.05) is 12.7 Å². The van der Waals surface area contributed by atoms with Crippen LogP contribution in [0, 0.1) is 13.0 Å². The fourth-order valence-electron chi connectivity index (χ4n) is 1.43. The van der Waals surface area contributed by atoms with E-state index in [1.165, 1.54) is 4.68 Å². The van der Waals surface area contributed by atoms with Crippen LogP contribution in [-0.2, 0) is 39.8 Å². The number of aromatic amines is 1. The number of nitrogens with zero attached hydrogens (tertiary/aromatic N) is 1. The van der Waals surface area contributed by atoms with Crippen LogP contribution in [-0.4, -0.2) is 9.78 Å². The summed E-state index contributed by atoms with van der Waals surface area (Å²) in [6.45, 7) is 1.67. The molecule has 5 nitrogen and oxygen atoms in total. The normalized spacial score (nSPS) is 10.3. The van der Waals surface area contributed by atoms with Gasteiger partial charge in [-0.3, -0.25) is 9.48 Å². The van der Waals surface area contributed by atoms with Gasteiger partial charge >= 0.3 is 32.7 Å². The Labute approximate surface area is 110 Å². The minimum absolute atomic E-state index is 0. The predicted octanol–water partition coefficient (Wildman–Crippen LogP) is -0.917. The topological polar surface area (TPSA) is 71.9 Å². The number of aromatic nitrogens is 2. The molecule has 72 valence electrons. The summed E-state index contributed by atoms with van der Waals surface area (Å²) in [6, 6.07) is 2.30. The van der Waals surface area contributed by atoms with E-state index in [0.717, 1.165) is 0 Å². The molecular formula is C9H7N2O3Y+2. The Morgan fingerprint density at radius 2 is 1.87 bits per heavy atom. The molecule has 1 N–H and O–H groups in total. The smallest absolute Gasteiger partial charge is 0.344 e. The van der Waals surface area contributed by atoms with E-state index in [2.05, 4.69) is 11.2 Å². The van der Waals surface area contributed by atoms with E-state index in [1.54, 1.807) is 14.0 Å². The molecule has 0 radical (unpaired) electrons. The summed E-state index contributed by atoms with van der Waals surface area (Å²) in [6.07, 6.45) is 0. The number of rotatable bonds is 1. The molecule has 1 aromatic heterocycles. The van der Waals surface area contributed by atoms with Gasteiger partial charge in [-0.15, -0.1) is 0 Å². The average Bonchev–Trinajstić information content (AvgIpc) is 2.38. The molecule has 0 saturated heterocycles. The van der Waals surface area contributed by atoms with Gasteiger partial charge in [0.2, 0.25) is 5.56 Å². The second-order valence-corrected chi connectivity index (χ2v) is 3.13. The third-order valence-corrected chi connectivity index (χ3v) is 2.15. The molecule has 0 spiro atoms. The van der Waals surface area contributed by atoms with E-state index in [9.17, 15) is 14.4 Å². The summed E-state index contributed by atoms with van der Waals surface area (Å²) in [5.74, 6) is 0. The average molecular weight is 280 g/mol. The Morgan fingerprint density at radius 1 is 1.27 bits per heavy atom. The van der Waals surface area contributed by atoms with Gasteiger partial charge in [-0.25, -0.2) is 0 Å². The van der Waals surface area contributed by atoms with E-state index >= 15 is 0 Å². The van der Waals surface area contributed by atoms with Crippen molar-refractivity contribution in [2.45, 2.75) is 6.92 Å². The van der Waals surface area contributed by atoms with Gasteiger partial charge in [-0.05, 0) is 12.5 Å². The Bertz CT molecular complexity index is 628. The van der Waals surface area contributed by atoms with Gasteiger partial charge in [-0.1, -0.05) is 11.6 Å². The van der Waals surface area contributed by atoms with Gasteiger partial charge < -0.3 is 14.7 Å². The minimum atomic E-state index is -0.664. The SMILES string of the molecule is Cc1[nH]n(C)c(=O)c1-c1[c-]c(=O)c1=O.[Y+3]. The van der Waals surface area contributed by atoms with Crippen molar-refractivity contribution in [2.75, 3.05) is 0 Å². The summed E-state index contributed by atoms with van der Waals surface area (Å²) in [5.41, 5.74) is -0.703. The molecule has 0 amide bonds. The molecule has 0 saturated carbocycles. The zero-order valence-electron chi connectivity index (χ0n) is 8.25. The molecule has 0 atom stereocenters. The quantitative estimate of drug-likeness (QED) is 0.542. The maximum absolute atomic E-state index is 11.5. The van der Waals surface area contributed by atoms with Gasteiger partial charge in [0.05, 0.1) is 0 Å². The molecule has 6 heteroatoms. The number of nitrogens with one attached hydrogen (secondary N) is 1. The van der Waals surface area contributed by atoms with E-state index in [-0.39, 0.29) is 49.4 Å². The number of aryl methyl sites for hydroxylation is 2. The maximum atomic E-state index is 11.5. The van der Waals surface area contributed by atoms with Crippen LogP contribution < -0.4 is 16.4 Å². The Balaban J connectivity index is 0.00000112. The van der Waals surface area contributed by atoms with Crippen LogP contribution in [0.1, 0.15) is 5.69 Å². The van der Waals surface area contributed by atoms with Crippen molar-refractivity contribution >= 4 is 0 Å². The third kappa shape index (κ3) is 1.70. The Kier molecular flexibility index (Phi) is 3.26. The largest absolute Gasteiger partial charge is 3.00 e. The first-order chi connectivity index (χ1) is 6.52. The van der Waals surface area contributed by atoms with Crippen molar-refractivity contribution < 1.29 is 32.7 Å². The first-order valence-electron chi connectivity index (χ1n) is 4.01. The van der Waals surface area contributed by atoms with Crippen molar-refractivity contribution in [3.63, 3.8) is 0 Å². The molecule has 0 aliphatic rings. The van der Waals surface area contributed by atoms with Gasteiger partial charge in [-0.2, -0.15) is 0 Å². The number of H-pyrrole nitrogens is 1. The molecule has 0 fully saturated rings. The van der Waals surface area contributed by atoms with Crippen LogP contribution >= 0.6 is 0 Å². The first kappa shape index (κ1) is 12.3. The molecule has 1 heterocycles. The van der Waals surface area contributed by atoms with Gasteiger partial charge in [0.15, 0.2) is 0 Å². The van der Waals surface area contributed by atoms with E-state index in [1.807, 2.05) is 0 Å². The van der Waals surface area contributed by atoms with Crippen LogP contribution in [0.2, 0.25) is 0 Å². The molecule has 1 aromatic carbocycles. The summed E-state index contributed by atoms with van der Waals surface area (Å²) < 4.78 is 1.26. The molecule has 2 aromatic rings. The molecule has 0 aliphatic heterocycles. The zero-order valence-corrected chi connectivity index (χ0v) is 11.1. The molecule has 15 heavy (non-hydrogen) atoms. The fraction of sp³-hybridized carbons (Fsp3) is 0.222. The second-order valence-electron chi connectivity index (χ2n) is 3.13. The Morgan fingerprint density at radius 3 is 2.20 bits per heavy atom. The molecular weight excluding hydrogens is 273 g/mol. The maximum Gasteiger partial charge on any atom is 3.00 e. The summed E-state index contributed by atoms with van der Waals surface area (Å²) >= 11 is 0. The molecule has 2 rings (SSSR count). The number of hydrogen-bond donors (Lipinski definition) is 1. The molecule has 0 aliphatic carbocycles. The van der Waals surface area contributed by atoms with Crippen molar-refractivity contribution in [3.05, 3.63) is 42.6 Å². The van der Waals surface area contributed by atoms with Crippen molar-refractivity contribution in [1.29, 1.82) is 0 Å². The summed E-state index contributed by atoms with van der Waals surface area (Å²) in [4.78, 5) is 33.2. The van der Waals surface area contributed by atoms with Crippen molar-refractivity contribution in [3.8, 4) is 11.1 Å². The van der Waals surface area contributed by atoms with E-state index in [4.69, 9.17) is 0 Å². The molecule has 0 unspecified atom stereocenters. The standard InChI is InChI=1S/C9H7N2O3.Y/c1-4-7(9(14)11(2)10-4)5-3-6(12)8(5)13;/h10H,1-2H3;/q-1;+3. The van der Waals surface area contributed by atoms with Crippen LogP contribution in [0.15, 0.2) is 14.4 Å². The summed E-state index contributed by atoms with van der Waals surface area (Å²) in [7, 11) is 1.55. The third-order valence-electron chi connectivity index (χ3n) is 2.15. The fourth-order valence-corrected chi connectivity index (χ4v) is 1.43. The predicted molar refractivity (Wildman–Crippen MR) is 50.0 cm³/mol. The first-order valence-corrected chi connectivity index (χ1v) is 4.01. The van der Waals surface area contributed by atoms with Crippen LogP contribution in [0.25, 0.3) is 11.1 Å². The van der Waals surface area contributed by atoms with Crippen molar-refractivity contribution in [1.82, 2.24) is 9.78 Å². The van der Waals surface area contributed by atoms with Gasteiger partial charge in [0.1, 0.15) is 10.9 Å². The monoisotopic (exact) mass is 280 g/mol. The van der Waals surface area contributed by atoms with Crippen LogP contribution in [0.3, 0.4) is 0 Å². The van der Waals surface area contributed by atoms with Gasteiger partial charge in [0.25, 0.3) is 0 Å². The van der Waals surface area contributed by atoms with E-state index in [0.29, 0.717) is 5.69 Å². The van der Waals surface area contributed by atoms with E-state index < -0.39 is 10.9 Å². The van der Waals surface area contributed by atoms with Crippen LogP contribution in [0.4, 0.5) is 0 Å². The summed E-state index contributed by atoms with van der Waals surface area (Å²) in [5, 5.41) is 2.74. The second kappa shape index (κ2) is 3.98. The molecule has 0 bridgehead atoms. The minimum Gasteiger partial charge on any atom is -0.344 e. The number of hydrogen-bond acceptors (Lipinski definition) is 3. The van der Waals surface area contributed by atoms with Crippen LogP contribution in [0.5, 0.6) is 0 Å². The zero-order chi connectivity index (χ0) is 10.5. The Hall–Kier alpha value is -0.806. The van der Waals surface area contributed by atoms with Crippen molar-refractivity contribution in [2.24, 2.45) is 7.05 Å².